The molecule has 120 valence electrons. The van der Waals surface area contributed by atoms with Crippen molar-refractivity contribution in [2.75, 3.05) is 26.7 Å². The highest BCUT2D eigenvalue weighted by Crippen LogP contribution is 2.38. The van der Waals surface area contributed by atoms with Crippen LogP contribution in [0.1, 0.15) is 11.3 Å². The van der Waals surface area contributed by atoms with Gasteiger partial charge in [-0.1, -0.05) is 11.6 Å². The molecule has 1 aromatic carbocycles. The lowest BCUT2D eigenvalue weighted by Gasteiger charge is -2.17. The molecule has 0 radical (unpaired) electrons. The second kappa shape index (κ2) is 6.09. The second-order valence-corrected chi connectivity index (χ2v) is 9.27. The van der Waals surface area contributed by atoms with Gasteiger partial charge in [0.25, 0.3) is 0 Å². The molecule has 0 saturated carbocycles. The van der Waals surface area contributed by atoms with E-state index in [9.17, 15) is 8.42 Å². The molecule has 1 atom stereocenters. The van der Waals surface area contributed by atoms with Crippen LogP contribution < -0.4 is 5.32 Å². The van der Waals surface area contributed by atoms with E-state index < -0.39 is 10.0 Å². The molecule has 2 aromatic rings. The predicted octanol–water partition coefficient (Wildman–Crippen LogP) is 3.09. The zero-order chi connectivity index (χ0) is 15.9. The molecule has 0 aliphatic carbocycles. The van der Waals surface area contributed by atoms with Crippen LogP contribution in [-0.4, -0.2) is 39.4 Å². The third kappa shape index (κ3) is 2.78. The molecule has 0 spiro atoms. The predicted molar refractivity (Wildman–Crippen MR) is 92.4 cm³/mol. The average Bonchev–Trinajstić information content (AvgIpc) is 3.03. The quantitative estimate of drug-likeness (QED) is 0.913. The van der Waals surface area contributed by atoms with E-state index in [1.165, 1.54) is 11.3 Å². The van der Waals surface area contributed by atoms with Gasteiger partial charge in [-0.25, -0.2) is 8.42 Å². The Bertz CT molecular complexity index is 801. The number of sulfonamides is 1. The molecule has 1 saturated heterocycles. The fourth-order valence-electron chi connectivity index (χ4n) is 3.09. The van der Waals surface area contributed by atoms with E-state index >= 15 is 0 Å². The number of nitrogens with zero attached hydrogens (tertiary/aromatic N) is 1. The summed E-state index contributed by atoms with van der Waals surface area (Å²) in [6.45, 7) is 3.89. The van der Waals surface area contributed by atoms with E-state index in [-0.39, 0.29) is 0 Å². The zero-order valence-corrected chi connectivity index (χ0v) is 15.0. The highest BCUT2D eigenvalue weighted by atomic mass is 35.5. The van der Waals surface area contributed by atoms with Crippen molar-refractivity contribution in [1.29, 1.82) is 0 Å². The number of hydrogen-bond acceptors (Lipinski definition) is 4. The van der Waals surface area contributed by atoms with Crippen molar-refractivity contribution in [3.8, 4) is 0 Å². The van der Waals surface area contributed by atoms with Crippen molar-refractivity contribution in [3.05, 3.63) is 28.1 Å². The number of fused-ring (bicyclic) bond motifs is 1. The topological polar surface area (TPSA) is 49.4 Å². The Balaban J connectivity index is 2.03. The van der Waals surface area contributed by atoms with Crippen molar-refractivity contribution in [2.24, 2.45) is 5.92 Å². The van der Waals surface area contributed by atoms with E-state index in [4.69, 9.17) is 11.6 Å². The Hall–Kier alpha value is -0.660. The Morgan fingerprint density at radius 3 is 2.95 bits per heavy atom. The molecule has 1 aliphatic rings. The van der Waals surface area contributed by atoms with Crippen LogP contribution in [0.2, 0.25) is 5.02 Å². The van der Waals surface area contributed by atoms with Crippen LogP contribution in [0.4, 0.5) is 0 Å². The van der Waals surface area contributed by atoms with Gasteiger partial charge in [0.1, 0.15) is 4.90 Å². The largest absolute Gasteiger partial charge is 0.319 e. The van der Waals surface area contributed by atoms with E-state index in [1.807, 2.05) is 20.0 Å². The Kier molecular flexibility index (Phi) is 4.49. The lowest BCUT2D eigenvalue weighted by molar-refractivity contribution is 0.451. The molecule has 0 bridgehead atoms. The van der Waals surface area contributed by atoms with Crippen LogP contribution in [0.3, 0.4) is 0 Å². The van der Waals surface area contributed by atoms with E-state index in [2.05, 4.69) is 5.32 Å². The molecule has 4 nitrogen and oxygen atoms in total. The summed E-state index contributed by atoms with van der Waals surface area (Å²) in [5, 5.41) is 4.44. The van der Waals surface area contributed by atoms with Gasteiger partial charge in [-0.15, -0.1) is 11.3 Å². The maximum absolute atomic E-state index is 13.1. The monoisotopic (exact) mass is 358 g/mol. The molecule has 7 heteroatoms. The number of benzene rings is 1. The first-order valence-corrected chi connectivity index (χ1v) is 9.90. The summed E-state index contributed by atoms with van der Waals surface area (Å²) >= 11 is 7.57. The van der Waals surface area contributed by atoms with Crippen LogP contribution in [0.15, 0.2) is 23.1 Å². The maximum Gasteiger partial charge on any atom is 0.244 e. The van der Waals surface area contributed by atoms with E-state index in [0.29, 0.717) is 28.9 Å². The zero-order valence-electron chi connectivity index (χ0n) is 12.6. The summed E-state index contributed by atoms with van der Waals surface area (Å²) in [5.74, 6) is 0.383. The van der Waals surface area contributed by atoms with Gasteiger partial charge in [0.15, 0.2) is 0 Å². The van der Waals surface area contributed by atoms with Gasteiger partial charge < -0.3 is 5.32 Å². The highest BCUT2D eigenvalue weighted by Gasteiger charge is 2.34. The minimum atomic E-state index is -3.46. The molecule has 1 aromatic heterocycles. The van der Waals surface area contributed by atoms with Crippen LogP contribution in [0, 0.1) is 12.8 Å². The summed E-state index contributed by atoms with van der Waals surface area (Å²) in [4.78, 5) is 1.26. The Morgan fingerprint density at radius 1 is 1.45 bits per heavy atom. The summed E-state index contributed by atoms with van der Waals surface area (Å²) in [6.07, 6.45) is 0.905. The smallest absolute Gasteiger partial charge is 0.244 e. The summed E-state index contributed by atoms with van der Waals surface area (Å²) in [7, 11) is -1.56. The van der Waals surface area contributed by atoms with E-state index in [0.717, 1.165) is 27.9 Å². The fourth-order valence-corrected chi connectivity index (χ4v) is 6.53. The van der Waals surface area contributed by atoms with Crippen LogP contribution in [-0.2, 0) is 10.0 Å². The number of aryl methyl sites for hydroxylation is 1. The minimum absolute atomic E-state index is 0.383. The normalized spacial score (nSPS) is 20.0. The second-order valence-electron chi connectivity index (χ2n) is 5.70. The Morgan fingerprint density at radius 2 is 2.23 bits per heavy atom. The number of nitrogens with one attached hydrogen (secondary N) is 1. The lowest BCUT2D eigenvalue weighted by atomic mass is 10.1. The number of thiophene rings is 1. The van der Waals surface area contributed by atoms with Gasteiger partial charge in [0.05, 0.1) is 0 Å². The number of rotatable bonds is 4. The molecule has 0 amide bonds. The van der Waals surface area contributed by atoms with Gasteiger partial charge in [-0.2, -0.15) is 4.31 Å². The van der Waals surface area contributed by atoms with E-state index in [1.54, 1.807) is 16.4 Å². The summed E-state index contributed by atoms with van der Waals surface area (Å²) in [5.41, 5.74) is 0. The minimum Gasteiger partial charge on any atom is -0.319 e. The Labute approximate surface area is 140 Å². The third-order valence-electron chi connectivity index (χ3n) is 4.11. The summed E-state index contributed by atoms with van der Waals surface area (Å²) in [6, 6.07) is 5.45. The fraction of sp³-hybridized carbons (Fsp3) is 0.467. The van der Waals surface area contributed by atoms with Gasteiger partial charge in [0, 0.05) is 33.1 Å². The van der Waals surface area contributed by atoms with Crippen LogP contribution in [0.5, 0.6) is 0 Å². The first kappa shape index (κ1) is 16.2. The summed E-state index contributed by atoms with van der Waals surface area (Å²) < 4.78 is 28.7. The molecule has 1 N–H and O–H groups in total. The van der Waals surface area contributed by atoms with Crippen molar-refractivity contribution < 1.29 is 8.42 Å². The lowest BCUT2D eigenvalue weighted by Crippen LogP contribution is -2.30. The maximum atomic E-state index is 13.1. The van der Waals surface area contributed by atoms with Crippen LogP contribution in [0.25, 0.3) is 10.1 Å². The van der Waals surface area contributed by atoms with Crippen molar-refractivity contribution in [1.82, 2.24) is 9.62 Å². The number of hydrogen-bond donors (Lipinski definition) is 1. The molecule has 22 heavy (non-hydrogen) atoms. The third-order valence-corrected chi connectivity index (χ3v) is 7.61. The molecular formula is C15H19ClN2O2S2. The van der Waals surface area contributed by atoms with Crippen molar-refractivity contribution >= 4 is 43.0 Å². The first-order chi connectivity index (χ1) is 10.4. The standard InChI is InChI=1S/C15H19ClN2O2S2/c1-10-15(13-7-12(16)3-4-14(13)21-10)22(19,20)18-6-5-11(9-18)8-17-2/h3-4,7,11,17H,5-6,8-9H2,1-2H3. The van der Waals surface area contributed by atoms with Gasteiger partial charge >= 0.3 is 0 Å². The molecular weight excluding hydrogens is 340 g/mol. The first-order valence-electron chi connectivity index (χ1n) is 7.27. The molecule has 2 heterocycles. The molecule has 1 unspecified atom stereocenters. The van der Waals surface area contributed by atoms with Gasteiger partial charge in [0.2, 0.25) is 10.0 Å². The van der Waals surface area contributed by atoms with Crippen LogP contribution >= 0.6 is 22.9 Å². The van der Waals surface area contributed by atoms with Gasteiger partial charge in [-0.3, -0.25) is 0 Å². The van der Waals surface area contributed by atoms with Crippen molar-refractivity contribution in [2.45, 2.75) is 18.2 Å². The molecule has 1 fully saturated rings. The van der Waals surface area contributed by atoms with Crippen molar-refractivity contribution in [3.63, 3.8) is 0 Å². The van der Waals surface area contributed by atoms with Gasteiger partial charge in [-0.05, 0) is 51.1 Å². The molecule has 3 rings (SSSR count). The average molecular weight is 359 g/mol. The molecule has 1 aliphatic heterocycles. The SMILES string of the molecule is CNCC1CCN(S(=O)(=O)c2c(C)sc3ccc(Cl)cc23)C1. The number of halogens is 1. The highest BCUT2D eigenvalue weighted by molar-refractivity contribution is 7.89.